The van der Waals surface area contributed by atoms with E-state index in [1.54, 1.807) is 20.2 Å². The third-order valence-corrected chi connectivity index (χ3v) is 4.61. The molecule has 0 spiro atoms. The van der Waals surface area contributed by atoms with Crippen molar-refractivity contribution >= 4 is 9.84 Å². The van der Waals surface area contributed by atoms with E-state index in [1.165, 1.54) is 4.68 Å². The average molecular weight is 330 g/mol. The fourth-order valence-electron chi connectivity index (χ4n) is 2.20. The lowest BCUT2D eigenvalue weighted by Crippen LogP contribution is -2.10. The van der Waals surface area contributed by atoms with Gasteiger partial charge in [0.2, 0.25) is 0 Å². The largest absolute Gasteiger partial charge is 0.491 e. The maximum Gasteiger partial charge on any atom is 0.190 e. The van der Waals surface area contributed by atoms with E-state index in [4.69, 9.17) is 0 Å². The zero-order valence-electron chi connectivity index (χ0n) is 12.4. The number of methoxy groups -OCH3 is 1. The number of ether oxygens (including phenoxy) is 1. The molecule has 0 amide bonds. The maximum atomic E-state index is 13.6. The highest BCUT2D eigenvalue weighted by molar-refractivity contribution is 7.89. The summed E-state index contributed by atoms with van der Waals surface area (Å²) in [5, 5.41) is 4.07. The molecule has 0 unspecified atom stereocenters. The molecule has 0 N–H and O–H groups in total. The third kappa shape index (κ3) is 3.62. The van der Waals surface area contributed by atoms with Gasteiger partial charge in [0.1, 0.15) is 0 Å². The molecule has 22 heavy (non-hydrogen) atoms. The van der Waals surface area contributed by atoms with E-state index in [2.05, 4.69) is 9.84 Å². The Morgan fingerprint density at radius 2 is 1.82 bits per heavy atom. The summed E-state index contributed by atoms with van der Waals surface area (Å²) in [6.45, 7) is 1.75. The minimum absolute atomic E-state index is 0.0318. The molecule has 5 nitrogen and oxygen atoms in total. The highest BCUT2D eigenvalue weighted by Gasteiger charge is 2.19. The molecular formula is C14H16F2N2O3S. The summed E-state index contributed by atoms with van der Waals surface area (Å²) in [6, 6.07) is 1.93. The van der Waals surface area contributed by atoms with Crippen molar-refractivity contribution in [3.05, 3.63) is 46.8 Å². The zero-order valence-corrected chi connectivity index (χ0v) is 13.2. The van der Waals surface area contributed by atoms with Crippen LogP contribution in [0.3, 0.4) is 0 Å². The van der Waals surface area contributed by atoms with Crippen LogP contribution >= 0.6 is 0 Å². The standard InChI is InChI=1S/C14H16F2N2O3S/c1-9-6-18(2)17-13(9)8-22(19,20)7-10-4-11(15)14(21-3)12(16)5-10/h4-6H,7-8H2,1-3H3. The number of nitrogens with zero attached hydrogens (tertiary/aromatic N) is 2. The summed E-state index contributed by atoms with van der Waals surface area (Å²) < 4.78 is 57.7. The van der Waals surface area contributed by atoms with E-state index in [1.807, 2.05) is 0 Å². The molecule has 2 rings (SSSR count). The lowest BCUT2D eigenvalue weighted by Gasteiger charge is -2.07. The van der Waals surface area contributed by atoms with Crippen LogP contribution < -0.4 is 4.74 Å². The Kier molecular flexibility index (Phi) is 4.50. The van der Waals surface area contributed by atoms with Gasteiger partial charge in [0.15, 0.2) is 27.2 Å². The molecule has 0 aliphatic carbocycles. The predicted molar refractivity (Wildman–Crippen MR) is 77.2 cm³/mol. The van der Waals surface area contributed by atoms with Gasteiger partial charge in [-0.1, -0.05) is 0 Å². The summed E-state index contributed by atoms with van der Waals surface area (Å²) in [4.78, 5) is 0. The van der Waals surface area contributed by atoms with Crippen LogP contribution in [-0.2, 0) is 28.4 Å². The molecule has 0 aliphatic heterocycles. The van der Waals surface area contributed by atoms with Gasteiger partial charge in [-0.25, -0.2) is 17.2 Å². The van der Waals surface area contributed by atoms with E-state index in [9.17, 15) is 17.2 Å². The monoisotopic (exact) mass is 330 g/mol. The summed E-state index contributed by atoms with van der Waals surface area (Å²) in [5.41, 5.74) is 1.21. The third-order valence-electron chi connectivity index (χ3n) is 3.12. The zero-order chi connectivity index (χ0) is 16.5. The topological polar surface area (TPSA) is 61.2 Å². The summed E-state index contributed by atoms with van der Waals surface area (Å²) >= 11 is 0. The molecule has 0 aliphatic rings. The Morgan fingerprint density at radius 1 is 1.23 bits per heavy atom. The quantitative estimate of drug-likeness (QED) is 0.843. The van der Waals surface area contributed by atoms with Crippen molar-refractivity contribution < 1.29 is 21.9 Å². The average Bonchev–Trinajstić information content (AvgIpc) is 2.65. The van der Waals surface area contributed by atoms with Gasteiger partial charge in [-0.2, -0.15) is 5.10 Å². The van der Waals surface area contributed by atoms with Gasteiger partial charge in [-0.05, 0) is 30.2 Å². The Morgan fingerprint density at radius 3 is 2.27 bits per heavy atom. The summed E-state index contributed by atoms with van der Waals surface area (Å²) in [6.07, 6.45) is 1.71. The Balaban J connectivity index is 2.24. The van der Waals surface area contributed by atoms with Crippen molar-refractivity contribution in [1.82, 2.24) is 9.78 Å². The number of rotatable bonds is 5. The maximum absolute atomic E-state index is 13.6. The van der Waals surface area contributed by atoms with Crippen molar-refractivity contribution in [3.63, 3.8) is 0 Å². The minimum atomic E-state index is -3.60. The number of hydrogen-bond acceptors (Lipinski definition) is 4. The molecule has 0 atom stereocenters. The van der Waals surface area contributed by atoms with E-state index in [0.29, 0.717) is 5.69 Å². The smallest absolute Gasteiger partial charge is 0.190 e. The first-order valence-electron chi connectivity index (χ1n) is 6.43. The number of aromatic nitrogens is 2. The second kappa shape index (κ2) is 6.04. The van der Waals surface area contributed by atoms with Gasteiger partial charge in [0.25, 0.3) is 0 Å². The highest BCUT2D eigenvalue weighted by Crippen LogP contribution is 2.24. The van der Waals surface area contributed by atoms with Crippen LogP contribution in [0.2, 0.25) is 0 Å². The molecule has 0 fully saturated rings. The highest BCUT2D eigenvalue weighted by atomic mass is 32.2. The molecule has 0 saturated carbocycles. The van der Waals surface area contributed by atoms with Gasteiger partial charge in [-0.15, -0.1) is 0 Å². The Labute approximate surface area is 127 Å². The molecule has 0 radical (unpaired) electrons. The molecule has 0 bridgehead atoms. The van der Waals surface area contributed by atoms with Crippen molar-refractivity contribution in [2.24, 2.45) is 7.05 Å². The lowest BCUT2D eigenvalue weighted by atomic mass is 10.2. The summed E-state index contributed by atoms with van der Waals surface area (Å²) in [5.74, 6) is -3.14. The number of sulfone groups is 1. The molecule has 1 aromatic carbocycles. The minimum Gasteiger partial charge on any atom is -0.491 e. The van der Waals surface area contributed by atoms with Crippen LogP contribution in [0.4, 0.5) is 8.78 Å². The van der Waals surface area contributed by atoms with Crippen molar-refractivity contribution in [2.75, 3.05) is 7.11 Å². The van der Waals surface area contributed by atoms with E-state index in [0.717, 1.165) is 24.8 Å². The molecule has 0 saturated heterocycles. The molecular weight excluding hydrogens is 314 g/mol. The van der Waals surface area contributed by atoms with Gasteiger partial charge in [-0.3, -0.25) is 4.68 Å². The van der Waals surface area contributed by atoms with Crippen LogP contribution in [0.15, 0.2) is 18.3 Å². The first-order valence-corrected chi connectivity index (χ1v) is 8.25. The Hall–Kier alpha value is -1.96. The fourth-order valence-corrected chi connectivity index (χ4v) is 3.68. The second-order valence-corrected chi connectivity index (χ2v) is 7.12. The van der Waals surface area contributed by atoms with E-state index in [-0.39, 0.29) is 11.3 Å². The fraction of sp³-hybridized carbons (Fsp3) is 0.357. The van der Waals surface area contributed by atoms with Crippen molar-refractivity contribution in [2.45, 2.75) is 18.4 Å². The van der Waals surface area contributed by atoms with E-state index >= 15 is 0 Å². The van der Waals surface area contributed by atoms with Crippen molar-refractivity contribution in [1.29, 1.82) is 0 Å². The van der Waals surface area contributed by atoms with Crippen LogP contribution in [0.25, 0.3) is 0 Å². The van der Waals surface area contributed by atoms with Crippen LogP contribution in [0, 0.1) is 18.6 Å². The molecule has 120 valence electrons. The van der Waals surface area contributed by atoms with Crippen LogP contribution in [0.1, 0.15) is 16.8 Å². The van der Waals surface area contributed by atoms with Crippen LogP contribution in [0.5, 0.6) is 5.75 Å². The first kappa shape index (κ1) is 16.4. The number of hydrogen-bond donors (Lipinski definition) is 0. The number of benzene rings is 1. The first-order chi connectivity index (χ1) is 10.2. The molecule has 1 aromatic heterocycles. The molecule has 8 heteroatoms. The Bertz CT molecular complexity index is 777. The SMILES string of the molecule is COc1c(F)cc(CS(=O)(=O)Cc2nn(C)cc2C)cc1F. The van der Waals surface area contributed by atoms with Crippen molar-refractivity contribution in [3.8, 4) is 5.75 Å². The van der Waals surface area contributed by atoms with Gasteiger partial charge in [0, 0.05) is 13.2 Å². The number of halogens is 2. The van der Waals surface area contributed by atoms with Gasteiger partial charge in [0.05, 0.1) is 24.3 Å². The summed E-state index contributed by atoms with van der Waals surface area (Å²) in [7, 11) is -0.767. The molecule has 2 aromatic rings. The van der Waals surface area contributed by atoms with E-state index < -0.39 is 33.0 Å². The normalized spacial score (nSPS) is 11.7. The predicted octanol–water partition coefficient (Wildman–Crippen LogP) is 2.13. The van der Waals surface area contributed by atoms with Gasteiger partial charge < -0.3 is 4.74 Å². The van der Waals surface area contributed by atoms with Crippen LogP contribution in [-0.4, -0.2) is 25.3 Å². The lowest BCUT2D eigenvalue weighted by molar-refractivity contribution is 0.359. The molecule has 1 heterocycles. The van der Waals surface area contributed by atoms with Gasteiger partial charge >= 0.3 is 0 Å². The number of aryl methyl sites for hydroxylation is 2. The second-order valence-electron chi connectivity index (χ2n) is 5.06.